The van der Waals surface area contributed by atoms with Gasteiger partial charge in [-0.2, -0.15) is 0 Å². The zero-order chi connectivity index (χ0) is 50.4. The minimum absolute atomic E-state index is 0.0180. The van der Waals surface area contributed by atoms with Crippen LogP contribution in [0.4, 0.5) is 34.1 Å². The molecular weight excluding hydrogens is 844 g/mol. The van der Waals surface area contributed by atoms with E-state index in [1.807, 2.05) is 0 Å². The number of hydrogen-bond acceptors (Lipinski definition) is 2. The third-order valence-corrected chi connectivity index (χ3v) is 19.0. The number of nitrogens with zero attached hydrogens (tertiary/aromatic N) is 2. The molecule has 0 spiro atoms. The zero-order valence-electron chi connectivity index (χ0n) is 46.5. The van der Waals surface area contributed by atoms with Gasteiger partial charge in [0.1, 0.15) is 0 Å². The van der Waals surface area contributed by atoms with E-state index in [4.69, 9.17) is 0 Å². The van der Waals surface area contributed by atoms with Crippen molar-refractivity contribution in [2.75, 3.05) is 9.80 Å². The van der Waals surface area contributed by atoms with Crippen LogP contribution >= 0.6 is 0 Å². The second-order valence-corrected chi connectivity index (χ2v) is 28.5. The number of aryl methyl sites for hydroxylation is 1. The Hall–Kier alpha value is -5.02. The van der Waals surface area contributed by atoms with Crippen molar-refractivity contribution in [3.05, 3.63) is 158 Å². The molecule has 5 aliphatic rings. The van der Waals surface area contributed by atoms with Gasteiger partial charge in [0.2, 0.25) is 0 Å². The summed E-state index contributed by atoms with van der Waals surface area (Å²) in [6.45, 7) is 46.7. The maximum atomic E-state index is 2.77. The lowest BCUT2D eigenvalue weighted by Crippen LogP contribution is -2.62. The summed E-state index contributed by atoms with van der Waals surface area (Å²) in [7, 11) is 0. The van der Waals surface area contributed by atoms with Crippen molar-refractivity contribution in [3.8, 4) is 0 Å². The number of benzene rings is 6. The molecule has 3 aliphatic carbocycles. The van der Waals surface area contributed by atoms with Crippen LogP contribution in [0.2, 0.25) is 0 Å². The highest BCUT2D eigenvalue weighted by Gasteiger charge is 2.50. The van der Waals surface area contributed by atoms with Crippen LogP contribution in [0.1, 0.15) is 205 Å². The van der Waals surface area contributed by atoms with Crippen LogP contribution in [0.3, 0.4) is 0 Å². The summed E-state index contributed by atoms with van der Waals surface area (Å²) in [5.41, 5.74) is 28.2. The van der Waals surface area contributed by atoms with E-state index < -0.39 is 0 Å². The van der Waals surface area contributed by atoms with E-state index in [0.29, 0.717) is 0 Å². The van der Waals surface area contributed by atoms with E-state index >= 15 is 0 Å². The van der Waals surface area contributed by atoms with Crippen molar-refractivity contribution in [1.29, 1.82) is 0 Å². The molecule has 6 aromatic carbocycles. The van der Waals surface area contributed by atoms with E-state index in [2.05, 4.69) is 238 Å². The van der Waals surface area contributed by atoms with E-state index in [-0.39, 0.29) is 50.0 Å². The maximum absolute atomic E-state index is 2.77. The van der Waals surface area contributed by atoms with E-state index in [1.54, 1.807) is 0 Å². The SMILES string of the molecule is Cc1cc2c(cc1N1c3cc4c(cc3B3c5cc(C(C)(C)c6ccccc6)ccc5N(c5ccc6c(c5C)C(C)(C)CC6(C)C)c5cc(C(C)(C)C)cc1c53)C(C)(C)CCC4(C)C)C(C)(C)CC2(C)C. The monoisotopic (exact) mass is 925 g/mol. The van der Waals surface area contributed by atoms with Crippen LogP contribution in [0, 0.1) is 13.8 Å². The third-order valence-electron chi connectivity index (χ3n) is 19.0. The summed E-state index contributed by atoms with van der Waals surface area (Å²) in [6.07, 6.45) is 4.64. The van der Waals surface area contributed by atoms with Gasteiger partial charge in [-0.15, -0.1) is 0 Å². The van der Waals surface area contributed by atoms with E-state index in [0.717, 1.165) is 12.8 Å². The topological polar surface area (TPSA) is 6.48 Å². The first kappa shape index (κ1) is 47.3. The third kappa shape index (κ3) is 6.70. The van der Waals surface area contributed by atoms with Gasteiger partial charge >= 0.3 is 0 Å². The van der Waals surface area contributed by atoms with Crippen molar-refractivity contribution in [2.24, 2.45) is 0 Å². The Morgan fingerprint density at radius 2 is 0.914 bits per heavy atom. The molecule has 2 nitrogen and oxygen atoms in total. The fourth-order valence-electron chi connectivity index (χ4n) is 15.4. The standard InChI is InChI=1S/C67H81BN2/c1-40-31-46-49(65(14,15)38-64(46,12)13)36-54(40)70-55-37-48-47(61(6,7)29-30-62(48,8)9)35-51(55)68-50-32-43(67(18,19)42-23-21-20-22-24-42)25-27-53(50)69(56-33-44(60(3,4)5)34-57(70)59(56)68)52-28-26-45-58(41(52)2)66(16,17)39-63(45,10)11/h20-28,31-37H,29-30,38-39H2,1-19H3. The first-order valence-corrected chi connectivity index (χ1v) is 26.9. The highest BCUT2D eigenvalue weighted by Crippen LogP contribution is 2.57. The minimum atomic E-state index is -0.215. The van der Waals surface area contributed by atoms with Crippen LogP contribution in [0.25, 0.3) is 0 Å². The van der Waals surface area contributed by atoms with Crippen molar-refractivity contribution in [3.63, 3.8) is 0 Å². The van der Waals surface area contributed by atoms with Gasteiger partial charge < -0.3 is 9.80 Å². The Morgan fingerprint density at radius 1 is 0.414 bits per heavy atom. The molecule has 0 bridgehead atoms. The normalized spacial score (nSPS) is 20.3. The minimum Gasteiger partial charge on any atom is -0.311 e. The molecule has 0 amide bonds. The van der Waals surface area contributed by atoms with Gasteiger partial charge in [0.05, 0.1) is 0 Å². The second kappa shape index (κ2) is 14.6. The van der Waals surface area contributed by atoms with Crippen molar-refractivity contribution in [1.82, 2.24) is 0 Å². The van der Waals surface area contributed by atoms with Gasteiger partial charge in [-0.05, 0) is 191 Å². The fourth-order valence-corrected chi connectivity index (χ4v) is 15.4. The van der Waals surface area contributed by atoms with Crippen LogP contribution in [0.5, 0.6) is 0 Å². The Balaban J connectivity index is 1.30. The average Bonchev–Trinajstić information content (AvgIpc) is 3.58. The first-order chi connectivity index (χ1) is 32.4. The van der Waals surface area contributed by atoms with Crippen molar-refractivity contribution >= 4 is 57.2 Å². The first-order valence-electron chi connectivity index (χ1n) is 26.9. The van der Waals surface area contributed by atoms with Crippen molar-refractivity contribution in [2.45, 2.75) is 201 Å². The van der Waals surface area contributed by atoms with Crippen LogP contribution in [0.15, 0.2) is 97.1 Å². The highest BCUT2D eigenvalue weighted by atomic mass is 15.2. The van der Waals surface area contributed by atoms with Gasteiger partial charge in [-0.25, -0.2) is 0 Å². The molecule has 2 aliphatic heterocycles. The summed E-state index contributed by atoms with van der Waals surface area (Å²) in [5.74, 6) is 0. The quantitative estimate of drug-likeness (QED) is 0.162. The summed E-state index contributed by atoms with van der Waals surface area (Å²) in [4.78, 5) is 5.50. The van der Waals surface area contributed by atoms with E-state index in [1.165, 1.54) is 125 Å². The predicted octanol–water partition coefficient (Wildman–Crippen LogP) is 16.3. The highest BCUT2D eigenvalue weighted by molar-refractivity contribution is 7.00. The number of hydrogen-bond donors (Lipinski definition) is 0. The molecule has 0 N–H and O–H groups in total. The Morgan fingerprint density at radius 3 is 1.53 bits per heavy atom. The van der Waals surface area contributed by atoms with Gasteiger partial charge in [0.15, 0.2) is 0 Å². The number of fused-ring (bicyclic) bond motifs is 7. The summed E-state index contributed by atoms with van der Waals surface area (Å²) in [6, 6.07) is 39.6. The summed E-state index contributed by atoms with van der Waals surface area (Å²) in [5, 5.41) is 0. The van der Waals surface area contributed by atoms with Crippen LogP contribution < -0.4 is 26.2 Å². The molecule has 0 aromatic heterocycles. The second-order valence-electron chi connectivity index (χ2n) is 28.5. The van der Waals surface area contributed by atoms with Gasteiger partial charge in [-0.1, -0.05) is 178 Å². The molecule has 2 heterocycles. The molecule has 11 rings (SSSR count). The van der Waals surface area contributed by atoms with Crippen LogP contribution in [-0.2, 0) is 43.3 Å². The fraction of sp³-hybridized carbons (Fsp3) is 0.463. The molecule has 3 heteroatoms. The number of anilines is 6. The molecule has 0 saturated carbocycles. The summed E-state index contributed by atoms with van der Waals surface area (Å²) < 4.78 is 0. The zero-order valence-corrected chi connectivity index (χ0v) is 46.5. The molecule has 0 saturated heterocycles. The number of rotatable bonds is 4. The largest absolute Gasteiger partial charge is 0.311 e. The lowest BCUT2D eigenvalue weighted by molar-refractivity contribution is 0.332. The molecular formula is C67H81BN2. The average molecular weight is 925 g/mol. The summed E-state index contributed by atoms with van der Waals surface area (Å²) >= 11 is 0. The van der Waals surface area contributed by atoms with Gasteiger partial charge in [-0.3, -0.25) is 0 Å². The molecule has 0 radical (unpaired) electrons. The molecule has 6 aromatic rings. The molecule has 0 unspecified atom stereocenters. The molecule has 0 atom stereocenters. The van der Waals surface area contributed by atoms with Crippen molar-refractivity contribution < 1.29 is 0 Å². The smallest absolute Gasteiger partial charge is 0.252 e. The Labute approximate surface area is 423 Å². The van der Waals surface area contributed by atoms with E-state index in [9.17, 15) is 0 Å². The Bertz CT molecular complexity index is 3200. The van der Waals surface area contributed by atoms with Crippen LogP contribution in [-0.4, -0.2) is 6.71 Å². The molecule has 0 fully saturated rings. The lowest BCUT2D eigenvalue weighted by atomic mass is 9.32. The molecule has 70 heavy (non-hydrogen) atoms. The maximum Gasteiger partial charge on any atom is 0.252 e. The van der Waals surface area contributed by atoms with Gasteiger partial charge in [0.25, 0.3) is 6.71 Å². The Kier molecular flexibility index (Phi) is 9.85. The van der Waals surface area contributed by atoms with Gasteiger partial charge in [0, 0.05) is 39.5 Å². The molecule has 362 valence electrons. The predicted molar refractivity (Wildman–Crippen MR) is 304 cm³/mol. The lowest BCUT2D eigenvalue weighted by Gasteiger charge is -2.48.